The van der Waals surface area contributed by atoms with Crippen molar-refractivity contribution < 1.29 is 4.79 Å². The normalized spacial score (nSPS) is 10.8. The number of nitrogens with one attached hydrogen (secondary N) is 1. The maximum absolute atomic E-state index is 12.6. The number of aromatic nitrogens is 4. The van der Waals surface area contributed by atoms with E-state index in [1.165, 1.54) is 23.1 Å². The number of benzene rings is 2. The molecule has 4 aromatic rings. The molecule has 2 heterocycles. The van der Waals surface area contributed by atoms with Crippen molar-refractivity contribution in [3.63, 3.8) is 0 Å². The van der Waals surface area contributed by atoms with Crippen LogP contribution in [0.3, 0.4) is 0 Å². The van der Waals surface area contributed by atoms with Crippen molar-refractivity contribution in [2.45, 2.75) is 15.6 Å². The molecule has 0 saturated heterocycles. The largest absolute Gasteiger partial charge is 0.310 e. The third-order valence-electron chi connectivity index (χ3n) is 4.03. The molecule has 152 valence electrons. The number of carbonyl (C=O) groups is 1. The minimum atomic E-state index is -0.114. The lowest BCUT2D eigenvalue weighted by Crippen LogP contribution is -2.16. The van der Waals surface area contributed by atoms with Crippen molar-refractivity contribution in [3.8, 4) is 16.9 Å². The van der Waals surface area contributed by atoms with Gasteiger partial charge in [-0.15, -0.1) is 10.2 Å². The van der Waals surface area contributed by atoms with Gasteiger partial charge in [-0.2, -0.15) is 5.10 Å². The first-order valence-electron chi connectivity index (χ1n) is 9.33. The van der Waals surface area contributed by atoms with Gasteiger partial charge in [-0.1, -0.05) is 90.3 Å². The van der Waals surface area contributed by atoms with E-state index in [4.69, 9.17) is 5.10 Å². The highest BCUT2D eigenvalue weighted by atomic mass is 32.2. The van der Waals surface area contributed by atoms with Crippen LogP contribution in [0, 0.1) is 0 Å². The van der Waals surface area contributed by atoms with Crippen LogP contribution in [-0.4, -0.2) is 37.4 Å². The van der Waals surface area contributed by atoms with Crippen LogP contribution < -0.4 is 5.32 Å². The van der Waals surface area contributed by atoms with E-state index in [1.807, 2.05) is 66.7 Å². The molecule has 4 rings (SSSR count). The van der Waals surface area contributed by atoms with Crippen molar-refractivity contribution in [2.75, 3.05) is 16.8 Å². The Morgan fingerprint density at radius 3 is 2.37 bits per heavy atom. The van der Waals surface area contributed by atoms with E-state index in [1.54, 1.807) is 16.4 Å². The Labute approximate surface area is 187 Å². The highest BCUT2D eigenvalue weighted by Gasteiger charge is 2.15. The van der Waals surface area contributed by atoms with Crippen LogP contribution >= 0.6 is 34.9 Å². The van der Waals surface area contributed by atoms with Gasteiger partial charge >= 0.3 is 0 Å². The fourth-order valence-corrected chi connectivity index (χ4v) is 5.45. The topological polar surface area (TPSA) is 72.7 Å². The van der Waals surface area contributed by atoms with Gasteiger partial charge in [0, 0.05) is 11.6 Å². The fraction of sp³-hybridized carbons (Fsp3) is 0.143. The van der Waals surface area contributed by atoms with E-state index in [0.717, 1.165) is 31.4 Å². The summed E-state index contributed by atoms with van der Waals surface area (Å²) in [6, 6.07) is 21.6. The summed E-state index contributed by atoms with van der Waals surface area (Å²) in [5.74, 6) is 1.72. The van der Waals surface area contributed by atoms with E-state index in [9.17, 15) is 4.79 Å². The second kappa shape index (κ2) is 9.92. The minimum absolute atomic E-state index is 0.114. The molecule has 0 unspecified atom stereocenters. The van der Waals surface area contributed by atoms with Crippen LogP contribution in [-0.2, 0) is 4.79 Å². The smallest absolute Gasteiger partial charge is 0.235 e. The quantitative estimate of drug-likeness (QED) is 0.368. The Bertz CT molecular complexity index is 1110. The molecular weight excluding hydrogens is 434 g/mol. The summed E-state index contributed by atoms with van der Waals surface area (Å²) in [6.45, 7) is 2.08. The van der Waals surface area contributed by atoms with Crippen molar-refractivity contribution >= 4 is 46.6 Å². The van der Waals surface area contributed by atoms with E-state index in [-0.39, 0.29) is 11.7 Å². The lowest BCUT2D eigenvalue weighted by molar-refractivity contribution is -0.113. The molecule has 0 aliphatic rings. The number of hydrogen-bond donors (Lipinski definition) is 1. The van der Waals surface area contributed by atoms with Crippen LogP contribution in [0.25, 0.3) is 16.9 Å². The summed E-state index contributed by atoms with van der Waals surface area (Å²) in [6.07, 6.45) is 0. The average molecular weight is 454 g/mol. The standard InChI is InChI=1S/C21H19N5OS3/c1-2-28-20-23-24-21(30-20)29-14-19(27)22-18-13-17(15-9-5-3-6-10-15)25-26(18)16-11-7-4-8-12-16/h3-13H,2,14H2,1H3,(H,22,27). The van der Waals surface area contributed by atoms with Gasteiger partial charge in [-0.3, -0.25) is 4.79 Å². The minimum Gasteiger partial charge on any atom is -0.310 e. The predicted octanol–water partition coefficient (Wildman–Crippen LogP) is 5.23. The number of rotatable bonds is 8. The number of amides is 1. The molecule has 1 amide bonds. The highest BCUT2D eigenvalue weighted by molar-refractivity contribution is 8.03. The number of para-hydroxylation sites is 1. The van der Waals surface area contributed by atoms with Crippen LogP contribution in [0.1, 0.15) is 6.92 Å². The lowest BCUT2D eigenvalue weighted by atomic mass is 10.2. The molecule has 9 heteroatoms. The lowest BCUT2D eigenvalue weighted by Gasteiger charge is -2.08. The Kier molecular flexibility index (Phi) is 6.83. The van der Waals surface area contributed by atoms with Gasteiger partial charge in [0.15, 0.2) is 8.68 Å². The number of hydrogen-bond acceptors (Lipinski definition) is 7. The third kappa shape index (κ3) is 5.10. The first-order chi connectivity index (χ1) is 14.7. The maximum atomic E-state index is 12.6. The zero-order chi connectivity index (χ0) is 20.8. The summed E-state index contributed by atoms with van der Waals surface area (Å²) in [7, 11) is 0. The first kappa shape index (κ1) is 20.6. The number of carbonyl (C=O) groups excluding carboxylic acids is 1. The highest BCUT2D eigenvalue weighted by Crippen LogP contribution is 2.29. The Hall–Kier alpha value is -2.62. The molecule has 0 saturated carbocycles. The summed E-state index contributed by atoms with van der Waals surface area (Å²) in [4.78, 5) is 12.6. The molecule has 0 fully saturated rings. The van der Waals surface area contributed by atoms with Crippen LogP contribution in [0.4, 0.5) is 5.82 Å². The van der Waals surface area contributed by atoms with E-state index < -0.39 is 0 Å². The van der Waals surface area contributed by atoms with Crippen molar-refractivity contribution in [1.82, 2.24) is 20.0 Å². The molecule has 0 radical (unpaired) electrons. The maximum Gasteiger partial charge on any atom is 0.235 e. The second-order valence-corrected chi connectivity index (χ2v) is 9.84. The number of thioether (sulfide) groups is 2. The molecular formula is C21H19N5OS3. The average Bonchev–Trinajstić information content (AvgIpc) is 3.41. The molecule has 2 aromatic heterocycles. The SMILES string of the molecule is CCSc1nnc(SCC(=O)Nc2cc(-c3ccccc3)nn2-c2ccccc2)s1. The van der Waals surface area contributed by atoms with Gasteiger partial charge in [0.1, 0.15) is 5.82 Å². The molecule has 1 N–H and O–H groups in total. The summed E-state index contributed by atoms with van der Waals surface area (Å²) in [5.41, 5.74) is 2.67. The Morgan fingerprint density at radius 2 is 1.67 bits per heavy atom. The molecule has 0 bridgehead atoms. The second-order valence-electron chi connectivity index (χ2n) is 6.13. The van der Waals surface area contributed by atoms with Crippen LogP contribution in [0.2, 0.25) is 0 Å². The molecule has 0 spiro atoms. The van der Waals surface area contributed by atoms with Gasteiger partial charge in [-0.05, 0) is 17.9 Å². The zero-order valence-corrected chi connectivity index (χ0v) is 18.6. The van der Waals surface area contributed by atoms with Crippen molar-refractivity contribution in [2.24, 2.45) is 0 Å². The molecule has 2 aromatic carbocycles. The molecule has 0 aliphatic heterocycles. The van der Waals surface area contributed by atoms with Gasteiger partial charge in [0.05, 0.1) is 17.1 Å². The zero-order valence-electron chi connectivity index (χ0n) is 16.2. The van der Waals surface area contributed by atoms with Gasteiger partial charge in [0.25, 0.3) is 0 Å². The Balaban J connectivity index is 1.51. The van der Waals surface area contributed by atoms with E-state index in [2.05, 4.69) is 22.4 Å². The number of anilines is 1. The number of nitrogens with zero attached hydrogens (tertiary/aromatic N) is 4. The molecule has 6 nitrogen and oxygen atoms in total. The van der Waals surface area contributed by atoms with Gasteiger partial charge in [-0.25, -0.2) is 4.68 Å². The van der Waals surface area contributed by atoms with E-state index in [0.29, 0.717) is 5.82 Å². The Morgan fingerprint density at radius 1 is 1.00 bits per heavy atom. The van der Waals surface area contributed by atoms with Crippen LogP contribution in [0.15, 0.2) is 75.4 Å². The molecule has 0 aliphatic carbocycles. The van der Waals surface area contributed by atoms with Gasteiger partial charge < -0.3 is 5.32 Å². The first-order valence-corrected chi connectivity index (χ1v) is 12.1. The fourth-order valence-electron chi connectivity index (χ4n) is 2.73. The summed E-state index contributed by atoms with van der Waals surface area (Å²) in [5, 5.41) is 16.0. The third-order valence-corrected chi connectivity index (χ3v) is 7.10. The molecule has 0 atom stereocenters. The van der Waals surface area contributed by atoms with Crippen molar-refractivity contribution in [3.05, 3.63) is 66.7 Å². The van der Waals surface area contributed by atoms with Crippen LogP contribution in [0.5, 0.6) is 0 Å². The summed E-state index contributed by atoms with van der Waals surface area (Å²) < 4.78 is 3.48. The monoisotopic (exact) mass is 453 g/mol. The molecule has 30 heavy (non-hydrogen) atoms. The van der Waals surface area contributed by atoms with E-state index >= 15 is 0 Å². The summed E-state index contributed by atoms with van der Waals surface area (Å²) >= 11 is 4.56. The van der Waals surface area contributed by atoms with Crippen molar-refractivity contribution in [1.29, 1.82) is 0 Å². The van der Waals surface area contributed by atoms with Gasteiger partial charge in [0.2, 0.25) is 5.91 Å². The predicted molar refractivity (Wildman–Crippen MR) is 125 cm³/mol.